The fourth-order valence-electron chi connectivity index (χ4n) is 3.34. The van der Waals surface area contributed by atoms with Crippen molar-refractivity contribution in [3.8, 4) is 17.0 Å². The normalized spacial score (nSPS) is 15.4. The van der Waals surface area contributed by atoms with E-state index in [1.165, 1.54) is 0 Å². The highest BCUT2D eigenvalue weighted by Crippen LogP contribution is 2.49. The summed E-state index contributed by atoms with van der Waals surface area (Å²) in [7, 11) is 1.61. The lowest BCUT2D eigenvalue weighted by Gasteiger charge is -2.16. The van der Waals surface area contributed by atoms with Gasteiger partial charge in [-0.15, -0.1) is 0 Å². The predicted octanol–water partition coefficient (Wildman–Crippen LogP) is 4.01. The van der Waals surface area contributed by atoms with Crippen molar-refractivity contribution < 1.29 is 18.3 Å². The molecule has 29 heavy (non-hydrogen) atoms. The SMILES string of the molecule is COc1cccc(C2(C(=O)Nc3cccc(-c4ccc(S(=O)O)cc4)n3)CC2)c1. The lowest BCUT2D eigenvalue weighted by Crippen LogP contribution is -2.28. The molecule has 1 aromatic heterocycles. The Morgan fingerprint density at radius 2 is 1.83 bits per heavy atom. The third-order valence-corrected chi connectivity index (χ3v) is 5.82. The Hall–Kier alpha value is -3.03. The zero-order valence-corrected chi connectivity index (χ0v) is 16.6. The summed E-state index contributed by atoms with van der Waals surface area (Å²) in [6, 6.07) is 19.6. The molecular weight excluding hydrogens is 388 g/mol. The molecule has 2 N–H and O–H groups in total. The molecule has 0 spiro atoms. The number of ether oxygens (including phenoxy) is 1. The molecule has 7 heteroatoms. The summed E-state index contributed by atoms with van der Waals surface area (Å²) in [5, 5.41) is 2.94. The molecule has 1 fully saturated rings. The smallest absolute Gasteiger partial charge is 0.236 e. The summed E-state index contributed by atoms with van der Waals surface area (Å²) in [6.07, 6.45) is 1.57. The van der Waals surface area contributed by atoms with Crippen LogP contribution in [0.25, 0.3) is 11.3 Å². The van der Waals surface area contributed by atoms with E-state index in [1.54, 1.807) is 37.4 Å². The minimum absolute atomic E-state index is 0.0820. The van der Waals surface area contributed by atoms with E-state index in [0.717, 1.165) is 29.7 Å². The first-order chi connectivity index (χ1) is 14.0. The van der Waals surface area contributed by atoms with Crippen LogP contribution < -0.4 is 10.1 Å². The van der Waals surface area contributed by atoms with Gasteiger partial charge in [0.25, 0.3) is 0 Å². The minimum Gasteiger partial charge on any atom is -0.497 e. The molecule has 6 nitrogen and oxygen atoms in total. The maximum atomic E-state index is 13.0. The Kier molecular flexibility index (Phi) is 5.17. The summed E-state index contributed by atoms with van der Waals surface area (Å²) in [5.41, 5.74) is 1.87. The Morgan fingerprint density at radius 3 is 2.48 bits per heavy atom. The molecule has 1 heterocycles. The molecule has 0 radical (unpaired) electrons. The predicted molar refractivity (Wildman–Crippen MR) is 111 cm³/mol. The third-order valence-electron chi connectivity index (χ3n) is 5.15. The number of amides is 1. The van der Waals surface area contributed by atoms with Crippen LogP contribution >= 0.6 is 0 Å². The van der Waals surface area contributed by atoms with Gasteiger partial charge in [-0.25, -0.2) is 9.19 Å². The number of hydrogen-bond donors (Lipinski definition) is 2. The Morgan fingerprint density at radius 1 is 1.10 bits per heavy atom. The quantitative estimate of drug-likeness (QED) is 0.602. The van der Waals surface area contributed by atoms with E-state index in [1.807, 2.05) is 36.4 Å². The molecule has 0 saturated heterocycles. The van der Waals surface area contributed by atoms with Gasteiger partial charge < -0.3 is 14.6 Å². The molecule has 0 bridgehead atoms. The Bertz CT molecular complexity index is 1080. The summed E-state index contributed by atoms with van der Waals surface area (Å²) in [6.45, 7) is 0. The molecule has 1 saturated carbocycles. The van der Waals surface area contributed by atoms with Crippen LogP contribution in [0.15, 0.2) is 71.6 Å². The maximum absolute atomic E-state index is 13.0. The largest absolute Gasteiger partial charge is 0.497 e. The zero-order chi connectivity index (χ0) is 20.4. The standard InChI is InChI=1S/C22H20N2O4S/c1-28-17-5-2-4-16(14-17)22(12-13-22)21(25)24-20-7-3-6-19(23-20)15-8-10-18(11-9-15)29(26)27/h2-11,14H,12-13H2,1H3,(H,26,27)(H,23,24,25). The van der Waals surface area contributed by atoms with Gasteiger partial charge in [-0.2, -0.15) is 0 Å². The lowest BCUT2D eigenvalue weighted by molar-refractivity contribution is -0.118. The van der Waals surface area contributed by atoms with Gasteiger partial charge in [0, 0.05) is 5.56 Å². The number of nitrogens with zero attached hydrogens (tertiary/aromatic N) is 1. The van der Waals surface area contributed by atoms with E-state index >= 15 is 0 Å². The number of pyridine rings is 1. The first-order valence-corrected chi connectivity index (χ1v) is 10.3. The molecule has 4 rings (SSSR count). The van der Waals surface area contributed by atoms with Crippen LogP contribution in [0, 0.1) is 0 Å². The van der Waals surface area contributed by atoms with Crippen molar-refractivity contribution in [2.24, 2.45) is 0 Å². The van der Waals surface area contributed by atoms with Crippen LogP contribution in [0.5, 0.6) is 5.75 Å². The van der Waals surface area contributed by atoms with Gasteiger partial charge in [-0.3, -0.25) is 4.79 Å². The van der Waals surface area contributed by atoms with Gasteiger partial charge in [0.05, 0.1) is 23.1 Å². The van der Waals surface area contributed by atoms with E-state index in [0.29, 0.717) is 16.4 Å². The molecule has 2 aromatic carbocycles. The van der Waals surface area contributed by atoms with Gasteiger partial charge in [-0.1, -0.05) is 30.3 Å². The number of benzene rings is 2. The summed E-state index contributed by atoms with van der Waals surface area (Å²) in [4.78, 5) is 17.9. The second kappa shape index (κ2) is 7.77. The molecule has 1 amide bonds. The topological polar surface area (TPSA) is 88.5 Å². The number of hydrogen-bond acceptors (Lipinski definition) is 4. The van der Waals surface area contributed by atoms with Gasteiger partial charge in [0.1, 0.15) is 11.6 Å². The summed E-state index contributed by atoms with van der Waals surface area (Å²) < 4.78 is 25.5. The van der Waals surface area contributed by atoms with Crippen molar-refractivity contribution in [3.05, 3.63) is 72.3 Å². The number of nitrogens with one attached hydrogen (secondary N) is 1. The monoisotopic (exact) mass is 408 g/mol. The highest BCUT2D eigenvalue weighted by atomic mass is 32.2. The second-order valence-electron chi connectivity index (χ2n) is 6.95. The van der Waals surface area contributed by atoms with E-state index in [-0.39, 0.29) is 5.91 Å². The van der Waals surface area contributed by atoms with E-state index in [2.05, 4.69) is 10.3 Å². The van der Waals surface area contributed by atoms with Gasteiger partial charge in [0.2, 0.25) is 5.91 Å². The maximum Gasteiger partial charge on any atom is 0.236 e. The van der Waals surface area contributed by atoms with Gasteiger partial charge in [0.15, 0.2) is 11.1 Å². The number of carbonyl (C=O) groups excluding carboxylic acids is 1. The van der Waals surface area contributed by atoms with E-state index in [9.17, 15) is 9.00 Å². The first kappa shape index (κ1) is 19.3. The van der Waals surface area contributed by atoms with Crippen molar-refractivity contribution in [2.45, 2.75) is 23.2 Å². The van der Waals surface area contributed by atoms with E-state index < -0.39 is 16.5 Å². The molecule has 1 unspecified atom stereocenters. The van der Waals surface area contributed by atoms with Crippen molar-refractivity contribution in [2.75, 3.05) is 12.4 Å². The number of methoxy groups -OCH3 is 1. The van der Waals surface area contributed by atoms with Crippen LogP contribution in [-0.2, 0) is 21.3 Å². The van der Waals surface area contributed by atoms with Crippen LogP contribution in [0.3, 0.4) is 0 Å². The van der Waals surface area contributed by atoms with Gasteiger partial charge in [-0.05, 0) is 54.8 Å². The number of rotatable bonds is 6. The first-order valence-electron chi connectivity index (χ1n) is 9.16. The number of anilines is 1. The number of carbonyl (C=O) groups is 1. The molecule has 1 aliphatic rings. The molecule has 0 aliphatic heterocycles. The fraction of sp³-hybridized carbons (Fsp3) is 0.182. The minimum atomic E-state index is -2.02. The van der Waals surface area contributed by atoms with Crippen molar-refractivity contribution in [1.29, 1.82) is 0 Å². The molecule has 1 aliphatic carbocycles. The molecular formula is C22H20N2O4S. The van der Waals surface area contributed by atoms with Crippen LogP contribution in [0.4, 0.5) is 5.82 Å². The fourth-order valence-corrected chi connectivity index (χ4v) is 3.70. The average Bonchev–Trinajstić information content (AvgIpc) is 3.56. The van der Waals surface area contributed by atoms with Crippen LogP contribution in [0.1, 0.15) is 18.4 Å². The van der Waals surface area contributed by atoms with E-state index in [4.69, 9.17) is 9.29 Å². The molecule has 1 atom stereocenters. The summed E-state index contributed by atoms with van der Waals surface area (Å²) >= 11 is -2.02. The van der Waals surface area contributed by atoms with Gasteiger partial charge >= 0.3 is 0 Å². The van der Waals surface area contributed by atoms with Crippen LogP contribution in [0.2, 0.25) is 0 Å². The second-order valence-corrected chi connectivity index (χ2v) is 7.92. The Labute approximate surface area is 171 Å². The molecule has 148 valence electrons. The zero-order valence-electron chi connectivity index (χ0n) is 15.8. The Balaban J connectivity index is 1.55. The number of aromatic nitrogens is 1. The van der Waals surface area contributed by atoms with Crippen molar-refractivity contribution in [1.82, 2.24) is 4.98 Å². The van der Waals surface area contributed by atoms with Crippen LogP contribution in [-0.4, -0.2) is 26.8 Å². The highest BCUT2D eigenvalue weighted by molar-refractivity contribution is 7.79. The lowest BCUT2D eigenvalue weighted by atomic mass is 9.94. The summed E-state index contributed by atoms with van der Waals surface area (Å²) in [5.74, 6) is 1.12. The third kappa shape index (κ3) is 3.92. The molecule has 3 aromatic rings. The highest BCUT2D eigenvalue weighted by Gasteiger charge is 2.51. The average molecular weight is 408 g/mol. The van der Waals surface area contributed by atoms with Crippen molar-refractivity contribution >= 4 is 22.8 Å². The van der Waals surface area contributed by atoms with Crippen molar-refractivity contribution in [3.63, 3.8) is 0 Å².